The average molecular weight is 635 g/mol. The van der Waals surface area contributed by atoms with Gasteiger partial charge in [0.05, 0.1) is 27.0 Å². The van der Waals surface area contributed by atoms with E-state index in [1.165, 1.54) is 53.6 Å². The minimum absolute atomic E-state index is 0.0860. The molecule has 3 aromatic carbocycles. The summed E-state index contributed by atoms with van der Waals surface area (Å²) in [5, 5.41) is 6.93. The van der Waals surface area contributed by atoms with Gasteiger partial charge in [0, 0.05) is 6.42 Å². The monoisotopic (exact) mass is 633 g/mol. The molecule has 10 heteroatoms. The van der Waals surface area contributed by atoms with Gasteiger partial charge in [-0.25, -0.2) is 17.5 Å². The Morgan fingerprint density at radius 3 is 2.50 bits per heavy atom. The van der Waals surface area contributed by atoms with Crippen molar-refractivity contribution in [2.24, 2.45) is 5.92 Å². The second-order valence-electron chi connectivity index (χ2n) is 11.3. The molecule has 2 unspecified atom stereocenters. The molecule has 0 bridgehead atoms. The highest BCUT2D eigenvalue weighted by molar-refractivity contribution is 7.89. The van der Waals surface area contributed by atoms with E-state index < -0.39 is 21.9 Å². The molecule has 1 amide bonds. The summed E-state index contributed by atoms with van der Waals surface area (Å²) in [7, 11) is -4.08. The van der Waals surface area contributed by atoms with Crippen LogP contribution in [-0.4, -0.2) is 27.4 Å². The van der Waals surface area contributed by atoms with Crippen molar-refractivity contribution in [3.05, 3.63) is 98.8 Å². The van der Waals surface area contributed by atoms with Crippen LogP contribution in [0.25, 0.3) is 0 Å². The maximum atomic E-state index is 13.7. The first kappa shape index (κ1) is 32.4. The SMILES string of the molecule is CC(C)CNCCCc1ccc2c(c1)CCCC2NC(=O)CC(NS(=O)(=O)c1ccc(Cl)c(Cl)c1)c1ccc(F)cc1. The van der Waals surface area contributed by atoms with E-state index in [1.807, 2.05) is 0 Å². The lowest BCUT2D eigenvalue weighted by Crippen LogP contribution is -2.36. The van der Waals surface area contributed by atoms with Gasteiger partial charge in [-0.15, -0.1) is 0 Å². The molecule has 0 heterocycles. The van der Waals surface area contributed by atoms with Crippen LogP contribution < -0.4 is 15.4 Å². The highest BCUT2D eigenvalue weighted by atomic mass is 35.5. The number of carbonyl (C=O) groups excluding carboxylic acids is 1. The highest BCUT2D eigenvalue weighted by Gasteiger charge is 2.27. The Morgan fingerprint density at radius 2 is 1.79 bits per heavy atom. The van der Waals surface area contributed by atoms with Crippen LogP contribution in [0.2, 0.25) is 10.0 Å². The number of sulfonamides is 1. The predicted molar refractivity (Wildman–Crippen MR) is 167 cm³/mol. The van der Waals surface area contributed by atoms with Crippen molar-refractivity contribution in [3.8, 4) is 0 Å². The lowest BCUT2D eigenvalue weighted by Gasteiger charge is -2.28. The number of amides is 1. The Hall–Kier alpha value is -2.49. The van der Waals surface area contributed by atoms with Crippen LogP contribution in [0.5, 0.6) is 0 Å². The van der Waals surface area contributed by atoms with E-state index in [4.69, 9.17) is 23.2 Å². The van der Waals surface area contributed by atoms with Crippen molar-refractivity contribution in [3.63, 3.8) is 0 Å². The quantitative estimate of drug-likeness (QED) is 0.178. The van der Waals surface area contributed by atoms with Gasteiger partial charge in [-0.05, 0) is 104 Å². The lowest BCUT2D eigenvalue weighted by molar-refractivity contribution is -0.122. The number of aryl methyl sites for hydroxylation is 2. The van der Waals surface area contributed by atoms with Crippen molar-refractivity contribution >= 4 is 39.1 Å². The minimum Gasteiger partial charge on any atom is -0.349 e. The Balaban J connectivity index is 1.45. The van der Waals surface area contributed by atoms with Crippen LogP contribution in [0.4, 0.5) is 4.39 Å². The van der Waals surface area contributed by atoms with E-state index in [0.717, 1.165) is 50.8 Å². The van der Waals surface area contributed by atoms with Gasteiger partial charge in [0.15, 0.2) is 0 Å². The second-order valence-corrected chi connectivity index (χ2v) is 13.8. The van der Waals surface area contributed by atoms with Crippen LogP contribution in [0.3, 0.4) is 0 Å². The second kappa shape index (κ2) is 14.8. The third-order valence-corrected chi connectivity index (χ3v) is 9.60. The number of rotatable bonds is 13. The summed E-state index contributed by atoms with van der Waals surface area (Å²) in [5.74, 6) is -0.131. The van der Waals surface area contributed by atoms with E-state index in [9.17, 15) is 17.6 Å². The van der Waals surface area contributed by atoms with E-state index in [-0.39, 0.29) is 33.3 Å². The number of nitrogens with one attached hydrogen (secondary N) is 3. The Labute approximate surface area is 258 Å². The van der Waals surface area contributed by atoms with Crippen molar-refractivity contribution in [2.75, 3.05) is 13.1 Å². The Kier molecular flexibility index (Phi) is 11.4. The maximum absolute atomic E-state index is 13.7. The fraction of sp³-hybridized carbons (Fsp3) is 0.406. The largest absolute Gasteiger partial charge is 0.349 e. The Bertz CT molecular complexity index is 1480. The smallest absolute Gasteiger partial charge is 0.241 e. The van der Waals surface area contributed by atoms with Gasteiger partial charge in [0.1, 0.15) is 5.82 Å². The standard InChI is InChI=1S/C32H38Cl2FN3O3S/c1-21(2)20-36-16-4-5-22-8-14-27-24(17-22)6-3-7-30(27)37-32(39)19-31(23-9-11-25(35)12-10-23)38-42(40,41)26-13-15-28(33)29(34)18-26/h8-15,17-18,21,30-31,36,38H,3-7,16,19-20H2,1-2H3,(H,37,39). The van der Waals surface area contributed by atoms with E-state index >= 15 is 0 Å². The zero-order chi connectivity index (χ0) is 30.3. The molecule has 3 N–H and O–H groups in total. The van der Waals surface area contributed by atoms with Gasteiger partial charge in [0.2, 0.25) is 15.9 Å². The maximum Gasteiger partial charge on any atom is 0.241 e. The molecular weight excluding hydrogens is 596 g/mol. The van der Waals surface area contributed by atoms with Crippen LogP contribution in [0.15, 0.2) is 65.6 Å². The number of hydrogen-bond acceptors (Lipinski definition) is 4. The molecule has 1 aliphatic rings. The van der Waals surface area contributed by atoms with E-state index in [0.29, 0.717) is 11.5 Å². The zero-order valence-electron chi connectivity index (χ0n) is 23.9. The molecule has 1 aliphatic carbocycles. The van der Waals surface area contributed by atoms with Crippen molar-refractivity contribution < 1.29 is 17.6 Å². The fourth-order valence-corrected chi connectivity index (χ4v) is 6.86. The summed E-state index contributed by atoms with van der Waals surface area (Å²) in [6.45, 7) is 6.40. The summed E-state index contributed by atoms with van der Waals surface area (Å²) in [5.41, 5.74) is 4.10. The minimum atomic E-state index is -4.08. The fourth-order valence-electron chi connectivity index (χ4n) is 5.24. The number of halogens is 3. The van der Waals surface area contributed by atoms with Gasteiger partial charge >= 0.3 is 0 Å². The van der Waals surface area contributed by atoms with Crippen molar-refractivity contribution in [2.45, 2.75) is 69.4 Å². The molecule has 0 spiro atoms. The molecule has 0 fully saturated rings. The van der Waals surface area contributed by atoms with Gasteiger partial charge < -0.3 is 10.6 Å². The van der Waals surface area contributed by atoms with E-state index in [1.54, 1.807) is 0 Å². The topological polar surface area (TPSA) is 87.3 Å². The first-order chi connectivity index (χ1) is 20.0. The van der Waals surface area contributed by atoms with Crippen LogP contribution in [0, 0.1) is 11.7 Å². The van der Waals surface area contributed by atoms with Crippen LogP contribution >= 0.6 is 23.2 Å². The normalized spacial score (nSPS) is 15.8. The lowest BCUT2D eigenvalue weighted by atomic mass is 9.86. The highest BCUT2D eigenvalue weighted by Crippen LogP contribution is 2.32. The van der Waals surface area contributed by atoms with Crippen LogP contribution in [0.1, 0.15) is 73.9 Å². The molecular formula is C32H38Cl2FN3O3S. The molecule has 6 nitrogen and oxygen atoms in total. The summed E-state index contributed by atoms with van der Waals surface area (Å²) in [4.78, 5) is 13.3. The molecule has 0 aliphatic heterocycles. The van der Waals surface area contributed by atoms with Gasteiger partial charge in [0.25, 0.3) is 0 Å². The van der Waals surface area contributed by atoms with Crippen LogP contribution in [-0.2, 0) is 27.7 Å². The van der Waals surface area contributed by atoms with E-state index in [2.05, 4.69) is 47.4 Å². The number of benzene rings is 3. The molecule has 0 saturated carbocycles. The summed E-state index contributed by atoms with van der Waals surface area (Å²) < 4.78 is 42.7. The first-order valence-corrected chi connectivity index (χ1v) is 16.6. The van der Waals surface area contributed by atoms with Gasteiger partial charge in [-0.1, -0.05) is 67.4 Å². The molecule has 0 saturated heterocycles. The Morgan fingerprint density at radius 1 is 1.02 bits per heavy atom. The summed E-state index contributed by atoms with van der Waals surface area (Å²) in [6, 6.07) is 14.8. The first-order valence-electron chi connectivity index (χ1n) is 14.4. The molecule has 0 aromatic heterocycles. The predicted octanol–water partition coefficient (Wildman–Crippen LogP) is 6.91. The molecule has 4 rings (SSSR count). The third kappa shape index (κ3) is 9.01. The van der Waals surface area contributed by atoms with Gasteiger partial charge in [-0.2, -0.15) is 0 Å². The van der Waals surface area contributed by atoms with Crippen molar-refractivity contribution in [1.82, 2.24) is 15.4 Å². The van der Waals surface area contributed by atoms with Crippen molar-refractivity contribution in [1.29, 1.82) is 0 Å². The average Bonchev–Trinajstić information content (AvgIpc) is 2.94. The number of carbonyl (C=O) groups is 1. The molecule has 2 atom stereocenters. The molecule has 0 radical (unpaired) electrons. The molecule has 42 heavy (non-hydrogen) atoms. The third-order valence-electron chi connectivity index (χ3n) is 7.39. The summed E-state index contributed by atoms with van der Waals surface area (Å²) in [6.07, 6.45) is 4.60. The van der Waals surface area contributed by atoms with Gasteiger partial charge in [-0.3, -0.25) is 4.79 Å². The zero-order valence-corrected chi connectivity index (χ0v) is 26.3. The summed E-state index contributed by atoms with van der Waals surface area (Å²) >= 11 is 12.0. The number of hydrogen-bond donors (Lipinski definition) is 3. The molecule has 226 valence electrons. The number of fused-ring (bicyclic) bond motifs is 1. The molecule has 3 aromatic rings.